The van der Waals surface area contributed by atoms with Crippen LogP contribution >= 0.6 is 0 Å². The summed E-state index contributed by atoms with van der Waals surface area (Å²) < 4.78 is 5.49. The third-order valence-corrected chi connectivity index (χ3v) is 5.42. The molecule has 4 heterocycles. The Morgan fingerprint density at radius 2 is 2.07 bits per heavy atom. The van der Waals surface area contributed by atoms with E-state index in [0.717, 1.165) is 17.5 Å². The molecule has 2 aliphatic rings. The molecule has 2 aliphatic heterocycles. The number of amides is 2. The minimum absolute atomic E-state index is 0.183. The van der Waals surface area contributed by atoms with Crippen molar-refractivity contribution < 1.29 is 14.3 Å². The first-order valence-corrected chi connectivity index (χ1v) is 10.1. The number of rotatable bonds is 4. The van der Waals surface area contributed by atoms with Crippen LogP contribution in [0, 0.1) is 0 Å². The number of pyridine rings is 2. The van der Waals surface area contributed by atoms with Crippen molar-refractivity contribution in [3.63, 3.8) is 0 Å². The third-order valence-electron chi connectivity index (χ3n) is 5.42. The molecule has 0 aliphatic carbocycles. The van der Waals surface area contributed by atoms with E-state index in [1.54, 1.807) is 34.3 Å². The van der Waals surface area contributed by atoms with Gasteiger partial charge in [0.05, 0.1) is 6.61 Å². The van der Waals surface area contributed by atoms with Crippen molar-refractivity contribution in [2.24, 2.45) is 0 Å². The van der Waals surface area contributed by atoms with Crippen molar-refractivity contribution in [2.45, 2.75) is 26.3 Å². The molecule has 0 aromatic carbocycles. The minimum atomic E-state index is -0.376. The lowest BCUT2D eigenvalue weighted by molar-refractivity contribution is 0.0727. The molecule has 0 saturated carbocycles. The van der Waals surface area contributed by atoms with E-state index in [9.17, 15) is 14.4 Å². The summed E-state index contributed by atoms with van der Waals surface area (Å²) in [6.07, 6.45) is 8.40. The number of aromatic amines is 1. The molecule has 0 fully saturated rings. The lowest BCUT2D eigenvalue weighted by Gasteiger charge is -2.31. The van der Waals surface area contributed by atoms with Crippen LogP contribution in [0.25, 0.3) is 0 Å². The number of H-pyrrole nitrogens is 1. The predicted molar refractivity (Wildman–Crippen MR) is 111 cm³/mol. The summed E-state index contributed by atoms with van der Waals surface area (Å²) in [5.41, 5.74) is 1.75. The molecule has 2 aromatic rings. The smallest absolute Gasteiger partial charge is 0.261 e. The Balaban J connectivity index is 1.61. The largest absolute Gasteiger partial charge is 0.477 e. The van der Waals surface area contributed by atoms with Crippen molar-refractivity contribution in [1.82, 2.24) is 19.8 Å². The van der Waals surface area contributed by atoms with E-state index in [1.165, 1.54) is 0 Å². The summed E-state index contributed by atoms with van der Waals surface area (Å²) in [5.74, 6) is -0.119. The molecule has 0 saturated heterocycles. The number of aromatic nitrogens is 2. The molecule has 8 nitrogen and oxygen atoms in total. The second kappa shape index (κ2) is 8.52. The van der Waals surface area contributed by atoms with Gasteiger partial charge in [-0.2, -0.15) is 0 Å². The number of hydrogen-bond acceptors (Lipinski definition) is 5. The molecule has 0 unspecified atom stereocenters. The zero-order valence-corrected chi connectivity index (χ0v) is 16.9. The fourth-order valence-electron chi connectivity index (χ4n) is 3.93. The van der Waals surface area contributed by atoms with Gasteiger partial charge in [0.2, 0.25) is 5.88 Å². The number of nitrogens with one attached hydrogen (secondary N) is 1. The fourth-order valence-corrected chi connectivity index (χ4v) is 3.93. The van der Waals surface area contributed by atoms with E-state index < -0.39 is 0 Å². The quantitative estimate of drug-likeness (QED) is 0.778. The number of carbonyl (C=O) groups is 2. The number of carbonyl (C=O) groups excluding carboxylic acids is 2. The molecule has 0 atom stereocenters. The van der Waals surface area contributed by atoms with Gasteiger partial charge in [0, 0.05) is 38.6 Å². The maximum Gasteiger partial charge on any atom is 0.261 e. The third kappa shape index (κ3) is 3.72. The first-order chi connectivity index (χ1) is 14.6. The molecule has 156 valence electrons. The molecule has 4 rings (SSSR count). The first kappa shape index (κ1) is 19.9. The maximum atomic E-state index is 13.1. The molecular weight excluding hydrogens is 384 g/mol. The van der Waals surface area contributed by atoms with E-state index in [0.29, 0.717) is 50.7 Å². The highest BCUT2D eigenvalue weighted by atomic mass is 16.5. The summed E-state index contributed by atoms with van der Waals surface area (Å²) >= 11 is 0. The van der Waals surface area contributed by atoms with Crippen molar-refractivity contribution in [3.05, 3.63) is 69.3 Å². The normalized spacial score (nSPS) is 15.6. The van der Waals surface area contributed by atoms with Crippen LogP contribution in [0.4, 0.5) is 0 Å². The van der Waals surface area contributed by atoms with Gasteiger partial charge >= 0.3 is 0 Å². The highest BCUT2D eigenvalue weighted by molar-refractivity contribution is 5.97. The molecule has 0 bridgehead atoms. The Hall–Kier alpha value is -3.42. The Morgan fingerprint density at radius 1 is 1.20 bits per heavy atom. The highest BCUT2D eigenvalue weighted by Gasteiger charge is 2.30. The summed E-state index contributed by atoms with van der Waals surface area (Å²) in [7, 11) is 0. The molecule has 2 amide bonds. The molecule has 1 N–H and O–H groups in total. The molecule has 0 radical (unpaired) electrons. The van der Waals surface area contributed by atoms with Gasteiger partial charge in [-0.25, -0.2) is 4.98 Å². The molecule has 8 heteroatoms. The van der Waals surface area contributed by atoms with E-state index >= 15 is 0 Å². The van der Waals surface area contributed by atoms with Gasteiger partial charge < -0.3 is 19.5 Å². The van der Waals surface area contributed by atoms with Crippen molar-refractivity contribution in [2.75, 3.05) is 26.2 Å². The van der Waals surface area contributed by atoms with Crippen LogP contribution in [-0.4, -0.2) is 57.8 Å². The average Bonchev–Trinajstić information content (AvgIpc) is 2.79. The standard InChI is InChI=1S/C22H24N4O4/c1-2-30-20-17(7-6-9-23-20)21(28)26-12-8-16-15(14-26)13-24-19(27)18(16)22(29)25-10-4-3-5-11-25/h3-4,6-7,9,13H,2,5,8,10-12,14H2,1H3,(H,24,27). The number of ether oxygens (including phenoxy) is 1. The van der Waals surface area contributed by atoms with Gasteiger partial charge in [0.15, 0.2) is 0 Å². The second-order valence-corrected chi connectivity index (χ2v) is 7.27. The van der Waals surface area contributed by atoms with Crippen LogP contribution in [0.1, 0.15) is 45.2 Å². The zero-order valence-electron chi connectivity index (χ0n) is 16.9. The molecular formula is C22H24N4O4. The zero-order chi connectivity index (χ0) is 21.1. The van der Waals surface area contributed by atoms with Crippen LogP contribution in [0.15, 0.2) is 41.5 Å². The summed E-state index contributed by atoms with van der Waals surface area (Å²) in [6.45, 7) is 4.09. The molecule has 0 spiro atoms. The van der Waals surface area contributed by atoms with E-state index in [1.807, 2.05) is 19.1 Å². The van der Waals surface area contributed by atoms with Crippen molar-refractivity contribution in [3.8, 4) is 5.88 Å². The van der Waals surface area contributed by atoms with E-state index in [4.69, 9.17) is 4.74 Å². The van der Waals surface area contributed by atoms with Gasteiger partial charge in [0.25, 0.3) is 17.4 Å². The second-order valence-electron chi connectivity index (χ2n) is 7.27. The van der Waals surface area contributed by atoms with Gasteiger partial charge in [-0.3, -0.25) is 14.4 Å². The SMILES string of the molecule is CCOc1ncccc1C(=O)N1CCc2c(c[nH]c(=O)c2C(=O)N2CC=CCC2)C1. The predicted octanol–water partition coefficient (Wildman–Crippen LogP) is 1.77. The van der Waals surface area contributed by atoms with E-state index in [2.05, 4.69) is 9.97 Å². The average molecular weight is 408 g/mol. The number of nitrogens with zero attached hydrogens (tertiary/aromatic N) is 3. The highest BCUT2D eigenvalue weighted by Crippen LogP contribution is 2.25. The van der Waals surface area contributed by atoms with Crippen LogP contribution < -0.4 is 10.3 Å². The first-order valence-electron chi connectivity index (χ1n) is 10.1. The summed E-state index contributed by atoms with van der Waals surface area (Å²) in [4.78, 5) is 48.8. The van der Waals surface area contributed by atoms with Crippen LogP contribution in [0.2, 0.25) is 0 Å². The number of hydrogen-bond donors (Lipinski definition) is 1. The van der Waals surface area contributed by atoms with Crippen LogP contribution in [-0.2, 0) is 13.0 Å². The Morgan fingerprint density at radius 3 is 2.83 bits per heavy atom. The Kier molecular flexibility index (Phi) is 5.65. The Bertz CT molecular complexity index is 1060. The van der Waals surface area contributed by atoms with Gasteiger partial charge in [0.1, 0.15) is 11.1 Å². The van der Waals surface area contributed by atoms with Crippen LogP contribution in [0.3, 0.4) is 0 Å². The topological polar surface area (TPSA) is 95.6 Å². The fraction of sp³-hybridized carbons (Fsp3) is 0.364. The molecule has 30 heavy (non-hydrogen) atoms. The minimum Gasteiger partial charge on any atom is -0.477 e. The monoisotopic (exact) mass is 408 g/mol. The lowest BCUT2D eigenvalue weighted by Crippen LogP contribution is -2.41. The van der Waals surface area contributed by atoms with Gasteiger partial charge in [-0.05, 0) is 43.0 Å². The van der Waals surface area contributed by atoms with E-state index in [-0.39, 0.29) is 22.9 Å². The van der Waals surface area contributed by atoms with Crippen molar-refractivity contribution >= 4 is 11.8 Å². The molecule has 2 aromatic heterocycles. The Labute approximate surface area is 174 Å². The summed E-state index contributed by atoms with van der Waals surface area (Å²) in [6, 6.07) is 3.40. The summed E-state index contributed by atoms with van der Waals surface area (Å²) in [5, 5.41) is 0. The van der Waals surface area contributed by atoms with Crippen LogP contribution in [0.5, 0.6) is 5.88 Å². The van der Waals surface area contributed by atoms with Crippen molar-refractivity contribution in [1.29, 1.82) is 0 Å². The van der Waals surface area contributed by atoms with Gasteiger partial charge in [-0.1, -0.05) is 12.2 Å². The maximum absolute atomic E-state index is 13.1. The lowest BCUT2D eigenvalue weighted by atomic mass is 9.95. The number of fused-ring (bicyclic) bond motifs is 1. The van der Waals surface area contributed by atoms with Gasteiger partial charge in [-0.15, -0.1) is 0 Å².